The minimum absolute atomic E-state index is 0.0884. The van der Waals surface area contributed by atoms with Gasteiger partial charge >= 0.3 is 0 Å². The molecule has 4 heteroatoms. The van der Waals surface area contributed by atoms with Crippen LogP contribution in [0.4, 0.5) is 0 Å². The fraction of sp³-hybridized carbons (Fsp3) is 0.600. The molecule has 0 saturated carbocycles. The highest BCUT2D eigenvalue weighted by atomic mass is 16.7. The quantitative estimate of drug-likeness (QED) is 0.856. The molecule has 1 aliphatic heterocycles. The molecule has 24 heavy (non-hydrogen) atoms. The van der Waals surface area contributed by atoms with Gasteiger partial charge in [-0.05, 0) is 52.0 Å². The van der Waals surface area contributed by atoms with Crippen molar-refractivity contribution in [3.8, 4) is 0 Å². The molecule has 1 saturated heterocycles. The summed E-state index contributed by atoms with van der Waals surface area (Å²) in [6.45, 7) is 10.6. The van der Waals surface area contributed by atoms with Crippen LogP contribution < -0.4 is 5.73 Å². The van der Waals surface area contributed by atoms with Gasteiger partial charge in [0.2, 0.25) is 5.91 Å². The van der Waals surface area contributed by atoms with Crippen molar-refractivity contribution in [2.75, 3.05) is 0 Å². The molecular weight excluding hydrogens is 300 g/mol. The van der Waals surface area contributed by atoms with Crippen LogP contribution in [0.1, 0.15) is 65.5 Å². The third-order valence-corrected chi connectivity index (χ3v) is 5.45. The van der Waals surface area contributed by atoms with Crippen molar-refractivity contribution < 1.29 is 9.63 Å². The molecule has 133 valence electrons. The molecule has 2 N–H and O–H groups in total. The van der Waals surface area contributed by atoms with Gasteiger partial charge in [-0.2, -0.15) is 5.06 Å². The van der Waals surface area contributed by atoms with Crippen LogP contribution in [0.25, 0.3) is 0 Å². The van der Waals surface area contributed by atoms with E-state index in [0.717, 1.165) is 24.8 Å². The lowest BCUT2D eigenvalue weighted by Gasteiger charge is -2.57. The molecule has 1 radical (unpaired) electrons. The lowest BCUT2D eigenvalue weighted by atomic mass is 9.69. The van der Waals surface area contributed by atoms with Crippen LogP contribution in [-0.4, -0.2) is 22.0 Å². The number of carbonyl (C=O) groups is 1. The first kappa shape index (κ1) is 18.9. The summed E-state index contributed by atoms with van der Waals surface area (Å²) < 4.78 is 0. The Hall–Kier alpha value is -1.39. The van der Waals surface area contributed by atoms with Crippen molar-refractivity contribution in [3.63, 3.8) is 0 Å². The van der Waals surface area contributed by atoms with Gasteiger partial charge in [-0.1, -0.05) is 44.2 Å². The van der Waals surface area contributed by atoms with Gasteiger partial charge in [0.1, 0.15) is 6.10 Å². The van der Waals surface area contributed by atoms with E-state index >= 15 is 0 Å². The zero-order valence-corrected chi connectivity index (χ0v) is 15.6. The zero-order valence-electron chi connectivity index (χ0n) is 15.6. The van der Waals surface area contributed by atoms with Crippen LogP contribution >= 0.6 is 0 Å². The number of benzene rings is 1. The minimum atomic E-state index is -0.406. The summed E-state index contributed by atoms with van der Waals surface area (Å²) in [6.07, 6.45) is 4.37. The Morgan fingerprint density at radius 2 is 1.88 bits per heavy atom. The Labute approximate surface area is 146 Å². The van der Waals surface area contributed by atoms with Crippen molar-refractivity contribution in [1.29, 1.82) is 0 Å². The van der Waals surface area contributed by atoms with Gasteiger partial charge in [0.15, 0.2) is 0 Å². The first-order valence-electron chi connectivity index (χ1n) is 8.93. The van der Waals surface area contributed by atoms with E-state index in [2.05, 4.69) is 58.2 Å². The summed E-state index contributed by atoms with van der Waals surface area (Å²) >= 11 is 0. The monoisotopic (exact) mass is 331 g/mol. The molecule has 1 fully saturated rings. The number of primary amides is 1. The number of hydrogen-bond acceptors (Lipinski definition) is 3. The Bertz CT molecular complexity index is 552. The van der Waals surface area contributed by atoms with Crippen LogP contribution in [0.3, 0.4) is 0 Å². The van der Waals surface area contributed by atoms with Crippen molar-refractivity contribution in [2.45, 2.75) is 71.1 Å². The minimum Gasteiger partial charge on any atom is -0.369 e. The summed E-state index contributed by atoms with van der Waals surface area (Å²) in [6, 6.07) is 10.2. The SMILES string of the molecule is CCC1(CC)C(C(N)=O)[CH]CC(C)(C)N1OC(C)c1ccccc1. The van der Waals surface area contributed by atoms with E-state index < -0.39 is 5.54 Å². The van der Waals surface area contributed by atoms with Gasteiger partial charge in [0.25, 0.3) is 0 Å². The predicted molar refractivity (Wildman–Crippen MR) is 96.8 cm³/mol. The molecule has 1 aliphatic rings. The fourth-order valence-electron chi connectivity index (χ4n) is 3.99. The standard InChI is InChI=1S/C20H31N2O2/c1-6-20(7-2)17(18(21)23)13-14-19(4,5)22(20)24-15(3)16-11-9-8-10-12-16/h8-13,15,17H,6-7,14H2,1-5H3,(H2,21,23). The van der Waals surface area contributed by atoms with E-state index in [1.54, 1.807) is 0 Å². The summed E-state index contributed by atoms with van der Waals surface area (Å²) in [4.78, 5) is 18.6. The molecule has 4 nitrogen and oxygen atoms in total. The van der Waals surface area contributed by atoms with E-state index in [1.165, 1.54) is 0 Å². The van der Waals surface area contributed by atoms with Crippen LogP contribution in [0.5, 0.6) is 0 Å². The molecule has 1 amide bonds. The smallest absolute Gasteiger partial charge is 0.222 e. The Balaban J connectivity index is 2.38. The molecule has 0 spiro atoms. The Morgan fingerprint density at radius 3 is 2.38 bits per heavy atom. The van der Waals surface area contributed by atoms with E-state index in [-0.39, 0.29) is 23.5 Å². The van der Waals surface area contributed by atoms with Crippen molar-refractivity contribution >= 4 is 5.91 Å². The van der Waals surface area contributed by atoms with Gasteiger partial charge in [-0.3, -0.25) is 9.63 Å². The number of piperidine rings is 1. The highest BCUT2D eigenvalue weighted by Gasteiger charge is 2.54. The summed E-state index contributed by atoms with van der Waals surface area (Å²) in [5.74, 6) is -0.571. The fourth-order valence-corrected chi connectivity index (χ4v) is 3.99. The molecule has 0 aromatic heterocycles. The largest absolute Gasteiger partial charge is 0.369 e. The van der Waals surface area contributed by atoms with E-state index in [4.69, 9.17) is 10.6 Å². The maximum atomic E-state index is 12.1. The van der Waals surface area contributed by atoms with Crippen LogP contribution in [0, 0.1) is 12.3 Å². The third kappa shape index (κ3) is 3.35. The highest BCUT2D eigenvalue weighted by molar-refractivity contribution is 5.80. The highest BCUT2D eigenvalue weighted by Crippen LogP contribution is 2.47. The van der Waals surface area contributed by atoms with E-state index in [1.807, 2.05) is 18.2 Å². The molecule has 1 aromatic carbocycles. The van der Waals surface area contributed by atoms with Crippen LogP contribution in [-0.2, 0) is 9.63 Å². The molecule has 0 bridgehead atoms. The van der Waals surface area contributed by atoms with Gasteiger partial charge in [-0.15, -0.1) is 0 Å². The second-order valence-corrected chi connectivity index (χ2v) is 7.40. The molecule has 2 rings (SSSR count). The average Bonchev–Trinajstić information content (AvgIpc) is 2.56. The van der Waals surface area contributed by atoms with Crippen molar-refractivity contribution in [3.05, 3.63) is 42.3 Å². The van der Waals surface area contributed by atoms with Crippen LogP contribution in [0.2, 0.25) is 0 Å². The molecule has 2 atom stereocenters. The van der Waals surface area contributed by atoms with Gasteiger partial charge in [0, 0.05) is 5.54 Å². The summed E-state index contributed by atoms with van der Waals surface area (Å²) in [5, 5.41) is 2.08. The van der Waals surface area contributed by atoms with Crippen LogP contribution in [0.15, 0.2) is 30.3 Å². The average molecular weight is 331 g/mol. The number of nitrogens with zero attached hydrogens (tertiary/aromatic N) is 1. The number of hydroxylamine groups is 2. The first-order chi connectivity index (χ1) is 11.3. The topological polar surface area (TPSA) is 55.6 Å². The number of amides is 1. The summed E-state index contributed by atoms with van der Waals surface area (Å²) in [7, 11) is 0. The first-order valence-corrected chi connectivity index (χ1v) is 8.93. The molecule has 1 aromatic rings. The lowest BCUT2D eigenvalue weighted by molar-refractivity contribution is -0.316. The predicted octanol–water partition coefficient (Wildman–Crippen LogP) is 4.03. The number of carbonyl (C=O) groups excluding carboxylic acids is 1. The van der Waals surface area contributed by atoms with E-state index in [0.29, 0.717) is 0 Å². The van der Waals surface area contributed by atoms with Gasteiger partial charge < -0.3 is 5.73 Å². The maximum Gasteiger partial charge on any atom is 0.222 e. The lowest BCUT2D eigenvalue weighted by Crippen LogP contribution is -2.67. The number of rotatable bonds is 6. The molecule has 2 unspecified atom stereocenters. The second-order valence-electron chi connectivity index (χ2n) is 7.40. The molecule has 0 aliphatic carbocycles. The Morgan fingerprint density at radius 1 is 1.29 bits per heavy atom. The number of hydrogen-bond donors (Lipinski definition) is 1. The number of nitrogens with two attached hydrogens (primary N) is 1. The van der Waals surface area contributed by atoms with Gasteiger partial charge in [-0.25, -0.2) is 0 Å². The Kier molecular flexibility index (Phi) is 5.71. The maximum absolute atomic E-state index is 12.1. The molecule has 1 heterocycles. The van der Waals surface area contributed by atoms with Crippen molar-refractivity contribution in [1.82, 2.24) is 5.06 Å². The summed E-state index contributed by atoms with van der Waals surface area (Å²) in [5.41, 5.74) is 6.26. The van der Waals surface area contributed by atoms with Crippen molar-refractivity contribution in [2.24, 2.45) is 11.7 Å². The molecular formula is C20H31N2O2. The van der Waals surface area contributed by atoms with Gasteiger partial charge in [0.05, 0.1) is 11.5 Å². The third-order valence-electron chi connectivity index (χ3n) is 5.45. The second kappa shape index (κ2) is 7.24. The zero-order chi connectivity index (χ0) is 18.0. The van der Waals surface area contributed by atoms with E-state index in [9.17, 15) is 4.79 Å². The normalized spacial score (nSPS) is 24.5.